The molecule has 0 heterocycles. The molecule has 0 amide bonds. The molecule has 0 bridgehead atoms. The van der Waals surface area contributed by atoms with Crippen LogP contribution in [0.2, 0.25) is 0 Å². The van der Waals surface area contributed by atoms with Crippen molar-refractivity contribution >= 4 is 37.2 Å². The Morgan fingerprint density at radius 2 is 1.05 bits per heavy atom. The molecule has 3 unspecified atom stereocenters. The first-order valence-corrected chi connectivity index (χ1v) is 21.5. The molecule has 0 radical (unpaired) electrons. The molecule has 0 aliphatic heterocycles. The summed E-state index contributed by atoms with van der Waals surface area (Å²) in [7, 11) is 3.50. The average molecular weight is 897 g/mol. The second kappa shape index (κ2) is 22.0. The summed E-state index contributed by atoms with van der Waals surface area (Å²) in [5.74, 6) is -0.594. The van der Waals surface area contributed by atoms with Crippen molar-refractivity contribution in [2.45, 2.75) is 30.9 Å². The number of sulfone groups is 1. The van der Waals surface area contributed by atoms with Gasteiger partial charge in [-0.2, -0.15) is 0 Å². The van der Waals surface area contributed by atoms with Crippen molar-refractivity contribution in [2.75, 3.05) is 78.4 Å². The van der Waals surface area contributed by atoms with Crippen molar-refractivity contribution in [3.8, 4) is 51.7 Å². The van der Waals surface area contributed by atoms with Gasteiger partial charge in [0.15, 0.2) is 21.3 Å². The summed E-state index contributed by atoms with van der Waals surface area (Å²) in [6, 6.07) is 13.8. The number of hydrogen-bond acceptors (Lipinski definition) is 17. The number of aliphatic hydroxyl groups is 2. The number of ether oxygens (including phenoxy) is 8. The largest absolute Gasteiger partial charge is 0.504 e. The Labute approximate surface area is 354 Å². The Morgan fingerprint density at radius 3 is 1.46 bits per heavy atom. The van der Waals surface area contributed by atoms with Crippen LogP contribution in [-0.4, -0.2) is 118 Å². The number of carboxylic acids is 1. The third-order valence-electron chi connectivity index (χ3n) is 8.81. The van der Waals surface area contributed by atoms with Crippen LogP contribution >= 0.6 is 0 Å². The summed E-state index contributed by atoms with van der Waals surface area (Å²) >= 11 is 0. The number of benzene rings is 4. The molecule has 0 saturated carbocycles. The fourth-order valence-electron chi connectivity index (χ4n) is 5.88. The van der Waals surface area contributed by atoms with Crippen LogP contribution in [0.5, 0.6) is 51.7 Å². The second-order valence-electron chi connectivity index (χ2n) is 13.0. The van der Waals surface area contributed by atoms with E-state index in [1.165, 1.54) is 112 Å². The van der Waals surface area contributed by atoms with Gasteiger partial charge in [0.05, 0.1) is 96.6 Å². The highest BCUT2D eigenvalue weighted by Crippen LogP contribution is 2.40. The maximum Gasteiger partial charge on any atom is 0.325 e. The van der Waals surface area contributed by atoms with Gasteiger partial charge in [-0.15, -0.1) is 0 Å². The van der Waals surface area contributed by atoms with Gasteiger partial charge in [-0.1, -0.05) is 6.07 Å². The van der Waals surface area contributed by atoms with Crippen molar-refractivity contribution in [1.29, 1.82) is 0 Å². The molecule has 19 nitrogen and oxygen atoms in total. The molecule has 0 saturated heterocycles. The van der Waals surface area contributed by atoms with Gasteiger partial charge in [0, 0.05) is 30.3 Å². The van der Waals surface area contributed by atoms with Gasteiger partial charge in [-0.3, -0.25) is 9.52 Å². The zero-order valence-corrected chi connectivity index (χ0v) is 36.7. The number of anilines is 2. The summed E-state index contributed by atoms with van der Waals surface area (Å²) in [5.41, 5.74) is 1.24. The molecule has 61 heavy (non-hydrogen) atoms. The fraction of sp³-hybridized carbons (Fsp3) is 0.375. The Bertz CT molecular complexity index is 2290. The number of aliphatic hydroxyl groups excluding tert-OH is 2. The molecule has 4 aromatic rings. The van der Waals surface area contributed by atoms with Crippen molar-refractivity contribution in [3.63, 3.8) is 0 Å². The van der Waals surface area contributed by atoms with Gasteiger partial charge in [-0.25, -0.2) is 16.8 Å². The third-order valence-corrected chi connectivity index (χ3v) is 11.7. The standard InChI is InChI=1S/C22H29NO9S.C18H23NO8S/c1-13(22(25)26)23-16-8-14(6-7-18(16)30-3)11-33(27,28)12-17(24)21-19(31-4)9-15(29-2)10-20(21)32-5;1-24-12-8-16(26-3)18(17(9-12)27-4)14(21)10-28(22,23)19-11-5-6-15(25-2)13(20)7-11/h6-10,13,17,23-24H,11-12H2,1-5H3,(H,25,26);5-9,14,19-21H,10H2,1-4H3. The van der Waals surface area contributed by atoms with Crippen molar-refractivity contribution in [3.05, 3.63) is 77.4 Å². The number of methoxy groups -OCH3 is 8. The highest BCUT2D eigenvalue weighted by Gasteiger charge is 2.28. The summed E-state index contributed by atoms with van der Waals surface area (Å²) in [6.07, 6.45) is -2.87. The third kappa shape index (κ3) is 13.5. The van der Waals surface area contributed by atoms with Gasteiger partial charge in [0.2, 0.25) is 10.0 Å². The van der Waals surface area contributed by atoms with Crippen LogP contribution < -0.4 is 47.9 Å². The molecule has 0 aromatic heterocycles. The molecule has 0 aliphatic carbocycles. The zero-order chi connectivity index (χ0) is 45.7. The highest BCUT2D eigenvalue weighted by molar-refractivity contribution is 7.92. The molecule has 0 fully saturated rings. The van der Waals surface area contributed by atoms with Gasteiger partial charge in [0.25, 0.3) is 0 Å². The highest BCUT2D eigenvalue weighted by atomic mass is 32.2. The molecule has 0 aliphatic rings. The summed E-state index contributed by atoms with van der Waals surface area (Å²) in [5, 5.41) is 43.0. The lowest BCUT2D eigenvalue weighted by molar-refractivity contribution is -0.137. The first-order valence-electron chi connectivity index (χ1n) is 18.0. The molecule has 4 aromatic carbocycles. The number of phenolic OH excluding ortho intramolecular Hbond substituents is 1. The van der Waals surface area contributed by atoms with Crippen LogP contribution in [0, 0.1) is 0 Å². The molecular weight excluding hydrogens is 845 g/mol. The van der Waals surface area contributed by atoms with Crippen molar-refractivity contribution in [2.24, 2.45) is 0 Å². The van der Waals surface area contributed by atoms with E-state index < -0.39 is 55.6 Å². The van der Waals surface area contributed by atoms with Gasteiger partial charge in [0.1, 0.15) is 58.5 Å². The van der Waals surface area contributed by atoms with E-state index in [2.05, 4.69) is 10.0 Å². The van der Waals surface area contributed by atoms with Crippen LogP contribution in [0.15, 0.2) is 60.7 Å². The lowest BCUT2D eigenvalue weighted by Crippen LogP contribution is -2.25. The van der Waals surface area contributed by atoms with E-state index >= 15 is 0 Å². The lowest BCUT2D eigenvalue weighted by atomic mass is 10.1. The maximum atomic E-state index is 12.9. The average Bonchev–Trinajstić information content (AvgIpc) is 3.21. The number of carbonyl (C=O) groups is 1. The minimum atomic E-state index is -3.98. The van der Waals surface area contributed by atoms with Crippen molar-refractivity contribution in [1.82, 2.24) is 0 Å². The summed E-state index contributed by atoms with van der Waals surface area (Å²) in [6.45, 7) is 1.46. The van der Waals surface area contributed by atoms with Gasteiger partial charge >= 0.3 is 5.97 Å². The predicted molar refractivity (Wildman–Crippen MR) is 225 cm³/mol. The second-order valence-corrected chi connectivity index (χ2v) is 16.9. The first-order chi connectivity index (χ1) is 28.8. The molecule has 0 spiro atoms. The van der Waals surface area contributed by atoms with E-state index in [1.807, 2.05) is 0 Å². The van der Waals surface area contributed by atoms with E-state index in [0.717, 1.165) is 0 Å². The zero-order valence-electron chi connectivity index (χ0n) is 35.0. The quantitative estimate of drug-likeness (QED) is 0.0686. The Hall–Kier alpha value is -6.03. The number of phenols is 1. The molecule has 6 N–H and O–H groups in total. The van der Waals surface area contributed by atoms with E-state index in [4.69, 9.17) is 43.0 Å². The monoisotopic (exact) mass is 896 g/mol. The number of aliphatic carboxylic acids is 1. The number of hydrogen-bond donors (Lipinski definition) is 6. The Morgan fingerprint density at radius 1 is 0.607 bits per heavy atom. The summed E-state index contributed by atoms with van der Waals surface area (Å²) < 4.78 is 94.6. The lowest BCUT2D eigenvalue weighted by Gasteiger charge is -2.19. The van der Waals surface area contributed by atoms with Crippen molar-refractivity contribution < 1.29 is 80.0 Å². The Kier molecular flexibility index (Phi) is 17.8. The van der Waals surface area contributed by atoms with E-state index in [0.29, 0.717) is 28.5 Å². The van der Waals surface area contributed by atoms with Crippen LogP contribution in [-0.2, 0) is 30.4 Å². The number of rotatable bonds is 21. The van der Waals surface area contributed by atoms with Crippen LogP contribution in [0.4, 0.5) is 11.4 Å². The molecule has 3 atom stereocenters. The molecular formula is C40H52N2O17S2. The van der Waals surface area contributed by atoms with E-state index in [1.54, 1.807) is 12.1 Å². The SMILES string of the molecule is COc1cc(OC)c(C(O)CS(=O)(=O)Cc2ccc(OC)c(NC(C)C(=O)O)c2)c(OC)c1.COc1cc(OC)c(C(O)CS(=O)(=O)Nc2ccc(OC)c(O)c2)c(OC)c1. The number of aromatic hydroxyl groups is 1. The van der Waals surface area contributed by atoms with E-state index in [9.17, 15) is 36.9 Å². The normalized spacial score (nSPS) is 12.6. The van der Waals surface area contributed by atoms with Crippen LogP contribution in [0.25, 0.3) is 0 Å². The Balaban J connectivity index is 0.000000330. The number of sulfonamides is 1. The number of nitrogens with one attached hydrogen (secondary N) is 2. The molecule has 4 rings (SSSR count). The first kappa shape index (κ1) is 49.3. The molecule has 21 heteroatoms. The maximum absolute atomic E-state index is 12.9. The van der Waals surface area contributed by atoms with E-state index in [-0.39, 0.29) is 57.1 Å². The van der Waals surface area contributed by atoms with Gasteiger partial charge < -0.3 is 63.6 Å². The smallest absolute Gasteiger partial charge is 0.325 e. The fourth-order valence-corrected chi connectivity index (χ4v) is 8.48. The predicted octanol–water partition coefficient (Wildman–Crippen LogP) is 4.16. The van der Waals surface area contributed by atoms with Crippen LogP contribution in [0.3, 0.4) is 0 Å². The summed E-state index contributed by atoms with van der Waals surface area (Å²) in [4.78, 5) is 11.2. The van der Waals surface area contributed by atoms with Gasteiger partial charge in [-0.05, 0) is 36.8 Å². The minimum absolute atomic E-state index is 0.124. The topological polar surface area (TPSA) is 264 Å². The minimum Gasteiger partial charge on any atom is -0.504 e. The van der Waals surface area contributed by atoms with Crippen LogP contribution in [0.1, 0.15) is 35.8 Å². The molecule has 336 valence electrons. The number of carboxylic acid groups (broad SMARTS) is 1.